The van der Waals surface area contributed by atoms with Crippen molar-refractivity contribution in [3.05, 3.63) is 45.0 Å². The smallest absolute Gasteiger partial charge is 0.342 e. The van der Waals surface area contributed by atoms with E-state index < -0.39 is 23.8 Å². The topological polar surface area (TPSA) is 84.5 Å². The minimum absolute atomic E-state index is 0.0270. The summed E-state index contributed by atoms with van der Waals surface area (Å²) in [5, 5.41) is 5.47. The van der Waals surface area contributed by atoms with Crippen molar-refractivity contribution in [2.45, 2.75) is 33.8 Å². The van der Waals surface area contributed by atoms with E-state index in [-0.39, 0.29) is 22.2 Å². The van der Waals surface area contributed by atoms with Crippen LogP contribution >= 0.6 is 22.9 Å². The molecule has 27 heavy (non-hydrogen) atoms. The number of benzene rings is 1. The van der Waals surface area contributed by atoms with Crippen molar-refractivity contribution in [3.8, 4) is 0 Å². The lowest BCUT2D eigenvalue weighted by atomic mass is 10.1. The number of thiophene rings is 1. The van der Waals surface area contributed by atoms with Crippen LogP contribution in [0.15, 0.2) is 18.2 Å². The maximum atomic E-state index is 13.1. The van der Waals surface area contributed by atoms with Crippen LogP contribution in [0.5, 0.6) is 0 Å². The minimum atomic E-state index is -1.14. The molecule has 0 bridgehead atoms. The van der Waals surface area contributed by atoms with Gasteiger partial charge in [-0.3, -0.25) is 9.59 Å². The van der Waals surface area contributed by atoms with Crippen LogP contribution in [-0.2, 0) is 14.3 Å². The van der Waals surface area contributed by atoms with Gasteiger partial charge in [0.15, 0.2) is 6.10 Å². The van der Waals surface area contributed by atoms with Gasteiger partial charge in [-0.1, -0.05) is 11.6 Å². The Hall–Kier alpha value is -2.45. The van der Waals surface area contributed by atoms with Crippen molar-refractivity contribution in [1.29, 1.82) is 0 Å². The van der Waals surface area contributed by atoms with Crippen LogP contribution in [0.25, 0.3) is 0 Å². The van der Waals surface area contributed by atoms with Crippen LogP contribution in [0.2, 0.25) is 5.02 Å². The number of hydrogen-bond donors (Lipinski definition) is 2. The third-order valence-electron chi connectivity index (χ3n) is 3.72. The maximum Gasteiger partial charge on any atom is 0.342 e. The van der Waals surface area contributed by atoms with Crippen molar-refractivity contribution in [2.24, 2.45) is 0 Å². The summed E-state index contributed by atoms with van der Waals surface area (Å²) in [6, 6.07) is 3.52. The Morgan fingerprint density at radius 2 is 1.89 bits per heavy atom. The molecule has 0 saturated heterocycles. The van der Waals surface area contributed by atoms with Gasteiger partial charge < -0.3 is 15.4 Å². The Bertz CT molecular complexity index is 913. The average Bonchev–Trinajstić information content (AvgIpc) is 2.83. The van der Waals surface area contributed by atoms with Gasteiger partial charge in [-0.25, -0.2) is 9.18 Å². The third-order valence-corrected chi connectivity index (χ3v) is 5.16. The predicted molar refractivity (Wildman–Crippen MR) is 103 cm³/mol. The molecule has 1 aromatic heterocycles. The molecular formula is C18H18ClFN2O4S. The number of carbonyl (C=O) groups excluding carboxylic acids is 3. The SMILES string of the molecule is CC(=O)Nc1sc(C)c(C)c1C(=O)O[C@@H](C)C(=O)Nc1ccc(F)cc1Cl. The molecule has 0 aliphatic rings. The molecule has 2 N–H and O–H groups in total. The minimum Gasteiger partial charge on any atom is -0.449 e. The molecule has 0 saturated carbocycles. The van der Waals surface area contributed by atoms with Gasteiger partial charge in [0.05, 0.1) is 16.3 Å². The van der Waals surface area contributed by atoms with Gasteiger partial charge in [0.2, 0.25) is 5.91 Å². The zero-order chi connectivity index (χ0) is 20.3. The molecule has 6 nitrogen and oxygen atoms in total. The molecule has 2 aromatic rings. The lowest BCUT2D eigenvalue weighted by molar-refractivity contribution is -0.123. The van der Waals surface area contributed by atoms with Crippen LogP contribution in [0.3, 0.4) is 0 Å². The fourth-order valence-electron chi connectivity index (χ4n) is 2.22. The highest BCUT2D eigenvalue weighted by atomic mass is 35.5. The second kappa shape index (κ2) is 8.49. The Balaban J connectivity index is 2.13. The number of rotatable bonds is 5. The number of esters is 1. The predicted octanol–water partition coefficient (Wildman–Crippen LogP) is 4.30. The first-order valence-corrected chi connectivity index (χ1v) is 9.14. The first kappa shape index (κ1) is 20.9. The molecule has 1 aromatic carbocycles. The summed E-state index contributed by atoms with van der Waals surface area (Å²) < 4.78 is 18.3. The van der Waals surface area contributed by atoms with Crippen LogP contribution in [0, 0.1) is 19.7 Å². The monoisotopic (exact) mass is 412 g/mol. The number of anilines is 2. The van der Waals surface area contributed by atoms with E-state index in [1.807, 2.05) is 6.92 Å². The molecule has 0 aliphatic heterocycles. The fraction of sp³-hybridized carbons (Fsp3) is 0.278. The number of amides is 2. The van der Waals surface area contributed by atoms with Gasteiger partial charge in [-0.15, -0.1) is 11.3 Å². The highest BCUT2D eigenvalue weighted by Crippen LogP contribution is 2.33. The second-order valence-electron chi connectivity index (χ2n) is 5.83. The number of nitrogens with one attached hydrogen (secondary N) is 2. The molecule has 1 heterocycles. The third kappa shape index (κ3) is 5.05. The van der Waals surface area contributed by atoms with E-state index in [2.05, 4.69) is 10.6 Å². The van der Waals surface area contributed by atoms with Crippen molar-refractivity contribution < 1.29 is 23.5 Å². The average molecular weight is 413 g/mol. The van der Waals surface area contributed by atoms with Crippen molar-refractivity contribution in [3.63, 3.8) is 0 Å². The fourth-order valence-corrected chi connectivity index (χ4v) is 3.53. The molecule has 0 radical (unpaired) electrons. The highest BCUT2D eigenvalue weighted by Gasteiger charge is 2.26. The molecule has 0 fully saturated rings. The van der Waals surface area contributed by atoms with Crippen LogP contribution in [-0.4, -0.2) is 23.9 Å². The molecule has 0 spiro atoms. The number of ether oxygens (including phenoxy) is 1. The zero-order valence-corrected chi connectivity index (χ0v) is 16.7. The van der Waals surface area contributed by atoms with Gasteiger partial charge in [-0.2, -0.15) is 0 Å². The summed E-state index contributed by atoms with van der Waals surface area (Å²) in [5.74, 6) is -2.20. The maximum absolute atomic E-state index is 13.1. The van der Waals surface area contributed by atoms with E-state index in [0.717, 1.165) is 17.0 Å². The number of carbonyl (C=O) groups is 3. The summed E-state index contributed by atoms with van der Waals surface area (Å²) >= 11 is 7.12. The largest absolute Gasteiger partial charge is 0.449 e. The standard InChI is InChI=1S/C18H18ClFN2O4S/c1-8-10(3)27-17(21-11(4)23)15(8)18(25)26-9(2)16(24)22-14-6-5-12(20)7-13(14)19/h5-7,9H,1-4H3,(H,21,23)(H,22,24)/t9-/m0/s1. The van der Waals surface area contributed by atoms with Crippen LogP contribution < -0.4 is 10.6 Å². The van der Waals surface area contributed by atoms with E-state index in [1.165, 1.54) is 31.3 Å². The lowest BCUT2D eigenvalue weighted by Gasteiger charge is -2.15. The summed E-state index contributed by atoms with van der Waals surface area (Å²) in [5.41, 5.74) is 1.09. The Kier molecular flexibility index (Phi) is 6.56. The van der Waals surface area contributed by atoms with Gasteiger partial charge in [0.1, 0.15) is 10.8 Å². The molecule has 144 valence electrons. The van der Waals surface area contributed by atoms with Crippen LogP contribution in [0.4, 0.5) is 15.1 Å². The summed E-state index contributed by atoms with van der Waals surface area (Å²) in [7, 11) is 0. The molecule has 1 atom stereocenters. The van der Waals surface area contributed by atoms with Gasteiger partial charge in [0.25, 0.3) is 5.91 Å². The van der Waals surface area contributed by atoms with E-state index in [9.17, 15) is 18.8 Å². The van der Waals surface area contributed by atoms with Crippen LogP contribution in [0.1, 0.15) is 34.6 Å². The Morgan fingerprint density at radius 3 is 2.48 bits per heavy atom. The van der Waals surface area contributed by atoms with Gasteiger partial charge >= 0.3 is 5.97 Å². The van der Waals surface area contributed by atoms with E-state index in [4.69, 9.17) is 16.3 Å². The summed E-state index contributed by atoms with van der Waals surface area (Å²) in [4.78, 5) is 37.0. The van der Waals surface area contributed by atoms with E-state index in [0.29, 0.717) is 10.6 Å². The first-order valence-electron chi connectivity index (χ1n) is 7.94. The zero-order valence-electron chi connectivity index (χ0n) is 15.1. The summed E-state index contributed by atoms with van der Waals surface area (Å²) in [6.45, 7) is 6.28. The van der Waals surface area contributed by atoms with Crippen molar-refractivity contribution in [2.75, 3.05) is 10.6 Å². The number of hydrogen-bond acceptors (Lipinski definition) is 5. The number of halogens is 2. The normalized spacial score (nSPS) is 11.6. The highest BCUT2D eigenvalue weighted by molar-refractivity contribution is 7.16. The number of aryl methyl sites for hydroxylation is 1. The molecule has 2 rings (SSSR count). The molecule has 0 unspecified atom stereocenters. The molecular weight excluding hydrogens is 395 g/mol. The van der Waals surface area contributed by atoms with Crippen molar-refractivity contribution in [1.82, 2.24) is 0 Å². The van der Waals surface area contributed by atoms with E-state index in [1.54, 1.807) is 6.92 Å². The second-order valence-corrected chi connectivity index (χ2v) is 7.46. The molecule has 2 amide bonds. The van der Waals surface area contributed by atoms with Gasteiger partial charge in [-0.05, 0) is 44.5 Å². The lowest BCUT2D eigenvalue weighted by Crippen LogP contribution is -2.30. The quantitative estimate of drug-likeness (QED) is 0.717. The first-order chi connectivity index (χ1) is 12.6. The molecule has 0 aliphatic carbocycles. The van der Waals surface area contributed by atoms with Crippen molar-refractivity contribution >= 4 is 51.4 Å². The van der Waals surface area contributed by atoms with E-state index >= 15 is 0 Å². The van der Waals surface area contributed by atoms with Gasteiger partial charge in [0, 0.05) is 11.8 Å². The Labute approximate surface area is 164 Å². The Morgan fingerprint density at radius 1 is 1.22 bits per heavy atom. The summed E-state index contributed by atoms with van der Waals surface area (Å²) in [6.07, 6.45) is -1.14. The molecule has 9 heteroatoms.